The number of ether oxygens (including phenoxy) is 1. The molecule has 1 aliphatic rings. The van der Waals surface area contributed by atoms with E-state index in [0.717, 1.165) is 41.4 Å². The second kappa shape index (κ2) is 9.24. The summed E-state index contributed by atoms with van der Waals surface area (Å²) in [6, 6.07) is 11.2. The molecule has 1 aromatic carbocycles. The van der Waals surface area contributed by atoms with Crippen LogP contribution < -0.4 is 10.1 Å². The van der Waals surface area contributed by atoms with Crippen molar-refractivity contribution >= 4 is 23.2 Å². The minimum Gasteiger partial charge on any atom is -0.493 e. The van der Waals surface area contributed by atoms with Crippen LogP contribution in [-0.2, 0) is 0 Å². The summed E-state index contributed by atoms with van der Waals surface area (Å²) in [5.41, 5.74) is 0.627. The summed E-state index contributed by atoms with van der Waals surface area (Å²) in [6.07, 6.45) is 2.06. The SMILES string of the molecule is Cc1ccc(C(=O)N2CCCC(COc3ccc(C(=O)NC(C)C)cc3)C2)s1. The van der Waals surface area contributed by atoms with Crippen LogP contribution in [0.15, 0.2) is 36.4 Å². The largest absolute Gasteiger partial charge is 0.493 e. The third-order valence-electron chi connectivity index (χ3n) is 4.78. The van der Waals surface area contributed by atoms with Crippen molar-refractivity contribution in [1.82, 2.24) is 10.2 Å². The first-order valence-corrected chi connectivity index (χ1v) is 10.6. The molecule has 3 rings (SSSR count). The lowest BCUT2D eigenvalue weighted by Gasteiger charge is -2.32. The molecule has 2 amide bonds. The van der Waals surface area contributed by atoms with E-state index < -0.39 is 0 Å². The molecule has 1 fully saturated rings. The lowest BCUT2D eigenvalue weighted by Crippen LogP contribution is -2.41. The van der Waals surface area contributed by atoms with Gasteiger partial charge in [-0.25, -0.2) is 0 Å². The summed E-state index contributed by atoms with van der Waals surface area (Å²) in [7, 11) is 0. The van der Waals surface area contributed by atoms with Gasteiger partial charge in [-0.2, -0.15) is 0 Å². The van der Waals surface area contributed by atoms with Crippen molar-refractivity contribution in [3.63, 3.8) is 0 Å². The van der Waals surface area contributed by atoms with Crippen LogP contribution in [0.2, 0.25) is 0 Å². The second-order valence-electron chi connectivity index (χ2n) is 7.63. The number of benzene rings is 1. The van der Waals surface area contributed by atoms with Gasteiger partial charge >= 0.3 is 0 Å². The van der Waals surface area contributed by atoms with E-state index in [2.05, 4.69) is 5.32 Å². The first-order valence-electron chi connectivity index (χ1n) is 9.82. The molecule has 1 saturated heterocycles. The van der Waals surface area contributed by atoms with Crippen molar-refractivity contribution in [2.45, 2.75) is 39.7 Å². The maximum atomic E-state index is 12.7. The summed E-state index contributed by atoms with van der Waals surface area (Å²) < 4.78 is 5.93. The van der Waals surface area contributed by atoms with Gasteiger partial charge in [0.2, 0.25) is 0 Å². The number of hydrogen-bond donors (Lipinski definition) is 1. The highest BCUT2D eigenvalue weighted by molar-refractivity contribution is 7.13. The molecule has 150 valence electrons. The van der Waals surface area contributed by atoms with Gasteiger partial charge < -0.3 is 15.0 Å². The van der Waals surface area contributed by atoms with Gasteiger partial charge in [0.25, 0.3) is 11.8 Å². The quantitative estimate of drug-likeness (QED) is 0.793. The zero-order valence-electron chi connectivity index (χ0n) is 16.7. The van der Waals surface area contributed by atoms with Crippen molar-refractivity contribution in [2.24, 2.45) is 5.92 Å². The summed E-state index contributed by atoms with van der Waals surface area (Å²) in [5.74, 6) is 1.12. The highest BCUT2D eigenvalue weighted by Gasteiger charge is 2.25. The average molecular weight is 401 g/mol. The highest BCUT2D eigenvalue weighted by Crippen LogP contribution is 2.23. The van der Waals surface area contributed by atoms with Crippen LogP contribution >= 0.6 is 11.3 Å². The topological polar surface area (TPSA) is 58.6 Å². The van der Waals surface area contributed by atoms with Gasteiger partial charge in [-0.1, -0.05) is 0 Å². The molecule has 2 heterocycles. The van der Waals surface area contributed by atoms with Gasteiger partial charge in [0.05, 0.1) is 11.5 Å². The Bertz CT molecular complexity index is 813. The Morgan fingerprint density at radius 3 is 2.61 bits per heavy atom. The number of carbonyl (C=O) groups excluding carboxylic acids is 2. The molecule has 0 radical (unpaired) electrons. The van der Waals surface area contributed by atoms with E-state index in [1.165, 1.54) is 0 Å². The Labute approximate surface area is 170 Å². The Hall–Kier alpha value is -2.34. The minimum absolute atomic E-state index is 0.0770. The minimum atomic E-state index is -0.0770. The molecule has 1 atom stereocenters. The van der Waals surface area contributed by atoms with E-state index in [-0.39, 0.29) is 17.9 Å². The molecule has 6 heteroatoms. The zero-order chi connectivity index (χ0) is 20.1. The lowest BCUT2D eigenvalue weighted by atomic mass is 9.99. The summed E-state index contributed by atoms with van der Waals surface area (Å²) >= 11 is 1.55. The number of nitrogens with zero attached hydrogens (tertiary/aromatic N) is 1. The predicted octanol–water partition coefficient (Wildman–Crippen LogP) is 4.13. The molecule has 0 bridgehead atoms. The van der Waals surface area contributed by atoms with Gasteiger partial charge in [0.1, 0.15) is 5.75 Å². The number of rotatable bonds is 6. The molecule has 1 aromatic heterocycles. The van der Waals surface area contributed by atoms with E-state index in [9.17, 15) is 9.59 Å². The number of carbonyl (C=O) groups is 2. The molecule has 0 aliphatic carbocycles. The van der Waals surface area contributed by atoms with E-state index >= 15 is 0 Å². The van der Waals surface area contributed by atoms with Crippen LogP contribution in [-0.4, -0.2) is 42.5 Å². The molecule has 1 unspecified atom stereocenters. The smallest absolute Gasteiger partial charge is 0.263 e. The third-order valence-corrected chi connectivity index (χ3v) is 5.77. The van der Waals surface area contributed by atoms with Crippen LogP contribution in [0.3, 0.4) is 0 Å². The molecule has 28 heavy (non-hydrogen) atoms. The Morgan fingerprint density at radius 1 is 1.21 bits per heavy atom. The van der Waals surface area contributed by atoms with E-state index in [1.807, 2.05) is 49.9 Å². The molecule has 1 N–H and O–H groups in total. The standard InChI is InChI=1S/C22H28N2O3S/c1-15(2)23-21(25)18-7-9-19(10-8-18)27-14-17-5-4-12-24(13-17)22(26)20-11-6-16(3)28-20/h6-11,15,17H,4-5,12-14H2,1-3H3,(H,23,25). The molecule has 0 saturated carbocycles. The van der Waals surface area contributed by atoms with Crippen LogP contribution in [0.5, 0.6) is 5.75 Å². The Balaban J connectivity index is 1.51. The van der Waals surface area contributed by atoms with Gasteiger partial charge in [-0.3, -0.25) is 9.59 Å². The number of thiophene rings is 1. The molecular formula is C22H28N2O3S. The summed E-state index contributed by atoms with van der Waals surface area (Å²) in [6.45, 7) is 8.01. The first-order chi connectivity index (χ1) is 13.4. The number of piperidine rings is 1. The number of amides is 2. The fourth-order valence-corrected chi connectivity index (χ4v) is 4.19. The first kappa shape index (κ1) is 20.4. The normalized spacial score (nSPS) is 16.9. The molecule has 5 nitrogen and oxygen atoms in total. The number of hydrogen-bond acceptors (Lipinski definition) is 4. The van der Waals surface area contributed by atoms with Crippen LogP contribution in [0.4, 0.5) is 0 Å². The van der Waals surface area contributed by atoms with Gasteiger partial charge in [0, 0.05) is 35.5 Å². The number of likely N-dealkylation sites (tertiary alicyclic amines) is 1. The fraction of sp³-hybridized carbons (Fsp3) is 0.455. The fourth-order valence-electron chi connectivity index (χ4n) is 3.35. The van der Waals surface area contributed by atoms with Crippen LogP contribution in [0.1, 0.15) is 51.6 Å². The predicted molar refractivity (Wildman–Crippen MR) is 112 cm³/mol. The van der Waals surface area contributed by atoms with E-state index in [1.54, 1.807) is 23.5 Å². The number of aryl methyl sites for hydroxylation is 1. The summed E-state index contributed by atoms with van der Waals surface area (Å²) in [4.78, 5) is 28.6. The Kier molecular flexibility index (Phi) is 6.73. The summed E-state index contributed by atoms with van der Waals surface area (Å²) in [5, 5.41) is 2.88. The van der Waals surface area contributed by atoms with Crippen molar-refractivity contribution in [2.75, 3.05) is 19.7 Å². The highest BCUT2D eigenvalue weighted by atomic mass is 32.1. The maximum Gasteiger partial charge on any atom is 0.263 e. The van der Waals surface area contributed by atoms with Crippen molar-refractivity contribution in [3.05, 3.63) is 51.7 Å². The molecule has 1 aliphatic heterocycles. The van der Waals surface area contributed by atoms with E-state index in [0.29, 0.717) is 18.1 Å². The lowest BCUT2D eigenvalue weighted by molar-refractivity contribution is 0.0638. The monoisotopic (exact) mass is 400 g/mol. The second-order valence-corrected chi connectivity index (χ2v) is 8.92. The maximum absolute atomic E-state index is 12.7. The van der Waals surface area contributed by atoms with Gasteiger partial charge in [-0.15, -0.1) is 11.3 Å². The molecule has 0 spiro atoms. The van der Waals surface area contributed by atoms with Gasteiger partial charge in [0.15, 0.2) is 0 Å². The van der Waals surface area contributed by atoms with Crippen molar-refractivity contribution in [3.8, 4) is 5.75 Å². The van der Waals surface area contributed by atoms with Crippen molar-refractivity contribution in [1.29, 1.82) is 0 Å². The van der Waals surface area contributed by atoms with Gasteiger partial charge in [-0.05, 0) is 70.0 Å². The average Bonchev–Trinajstić information content (AvgIpc) is 3.12. The van der Waals surface area contributed by atoms with Crippen molar-refractivity contribution < 1.29 is 14.3 Å². The van der Waals surface area contributed by atoms with Crippen LogP contribution in [0.25, 0.3) is 0 Å². The van der Waals surface area contributed by atoms with Crippen LogP contribution in [0, 0.1) is 12.8 Å². The molecule has 2 aromatic rings. The third kappa shape index (κ3) is 5.35. The number of nitrogens with one attached hydrogen (secondary N) is 1. The zero-order valence-corrected chi connectivity index (χ0v) is 17.6. The molecular weight excluding hydrogens is 372 g/mol. The van der Waals surface area contributed by atoms with E-state index in [4.69, 9.17) is 4.74 Å². The Morgan fingerprint density at radius 2 is 1.96 bits per heavy atom.